The number of aromatic hydroxyl groups is 1. The largest absolute Gasteiger partial charge is 0.508 e. The summed E-state index contributed by atoms with van der Waals surface area (Å²) >= 11 is 0. The van der Waals surface area contributed by atoms with E-state index in [2.05, 4.69) is 95.1 Å². The van der Waals surface area contributed by atoms with E-state index in [9.17, 15) is 5.11 Å². The summed E-state index contributed by atoms with van der Waals surface area (Å²) in [5.74, 6) is 0.534. The molecule has 0 heterocycles. The SMILES string of the molecule is CCCCC(O[Si](C)C)c1ccc(O)c(C(CCN(C(C)C)C(C)C)c2ccccc2)c1. The fourth-order valence-electron chi connectivity index (χ4n) is 4.60. The second kappa shape index (κ2) is 13.2. The molecule has 0 bridgehead atoms. The van der Waals surface area contributed by atoms with Crippen molar-refractivity contribution in [3.8, 4) is 5.75 Å². The lowest BCUT2D eigenvalue weighted by Crippen LogP contribution is -2.38. The van der Waals surface area contributed by atoms with E-state index in [0.717, 1.165) is 37.8 Å². The minimum atomic E-state index is -0.814. The van der Waals surface area contributed by atoms with E-state index < -0.39 is 9.04 Å². The molecule has 0 aromatic heterocycles. The average molecular weight is 455 g/mol. The number of phenols is 1. The average Bonchev–Trinajstić information content (AvgIpc) is 2.75. The lowest BCUT2D eigenvalue weighted by atomic mass is 9.86. The number of nitrogens with zero attached hydrogens (tertiary/aromatic N) is 1. The molecule has 0 saturated heterocycles. The van der Waals surface area contributed by atoms with Crippen LogP contribution in [-0.4, -0.2) is 37.7 Å². The van der Waals surface area contributed by atoms with Gasteiger partial charge in [-0.15, -0.1) is 0 Å². The van der Waals surface area contributed by atoms with Gasteiger partial charge in [0.2, 0.25) is 9.04 Å². The highest BCUT2D eigenvalue weighted by Crippen LogP contribution is 2.37. The van der Waals surface area contributed by atoms with E-state index in [1.807, 2.05) is 6.07 Å². The van der Waals surface area contributed by atoms with E-state index in [1.54, 1.807) is 0 Å². The number of rotatable bonds is 13. The molecule has 2 aromatic rings. The number of hydrogen-bond donors (Lipinski definition) is 1. The summed E-state index contributed by atoms with van der Waals surface area (Å²) in [5.41, 5.74) is 3.48. The Morgan fingerprint density at radius 2 is 1.56 bits per heavy atom. The summed E-state index contributed by atoms with van der Waals surface area (Å²) < 4.78 is 6.39. The van der Waals surface area contributed by atoms with Crippen LogP contribution in [0.15, 0.2) is 48.5 Å². The highest BCUT2D eigenvalue weighted by molar-refractivity contribution is 6.48. The zero-order valence-corrected chi connectivity index (χ0v) is 22.3. The summed E-state index contributed by atoms with van der Waals surface area (Å²) in [5, 5.41) is 10.9. The Balaban J connectivity index is 2.42. The van der Waals surface area contributed by atoms with Gasteiger partial charge in [-0.05, 0) is 83.4 Å². The van der Waals surface area contributed by atoms with Crippen molar-refractivity contribution >= 4 is 9.04 Å². The van der Waals surface area contributed by atoms with Gasteiger partial charge in [-0.2, -0.15) is 0 Å². The standard InChI is InChI=1S/C28H44NO2Si/c1-8-9-15-28(31-32(6)7)24-16-17-27(30)26(20-24)25(23-13-11-10-12-14-23)18-19-29(21(2)3)22(4)5/h10-14,16-17,20-22,25,28,30H,8-9,15,18-19H2,1-7H3. The molecule has 0 saturated carbocycles. The van der Waals surface area contributed by atoms with Crippen molar-refractivity contribution < 1.29 is 9.53 Å². The van der Waals surface area contributed by atoms with Gasteiger partial charge in [0, 0.05) is 23.6 Å². The topological polar surface area (TPSA) is 32.7 Å². The molecule has 2 atom stereocenters. The van der Waals surface area contributed by atoms with Crippen LogP contribution >= 0.6 is 0 Å². The van der Waals surface area contributed by atoms with Crippen LogP contribution in [-0.2, 0) is 4.43 Å². The molecule has 0 amide bonds. The van der Waals surface area contributed by atoms with Crippen LogP contribution < -0.4 is 0 Å². The smallest absolute Gasteiger partial charge is 0.205 e. The summed E-state index contributed by atoms with van der Waals surface area (Å²) in [6, 6.07) is 17.8. The highest BCUT2D eigenvalue weighted by Gasteiger charge is 2.23. The number of benzene rings is 2. The molecule has 0 aliphatic carbocycles. The van der Waals surface area contributed by atoms with Crippen LogP contribution in [0, 0.1) is 0 Å². The molecule has 2 unspecified atom stereocenters. The van der Waals surface area contributed by atoms with E-state index in [0.29, 0.717) is 17.8 Å². The quantitative estimate of drug-likeness (QED) is 0.317. The van der Waals surface area contributed by atoms with Crippen LogP contribution in [0.5, 0.6) is 5.75 Å². The van der Waals surface area contributed by atoms with Crippen LogP contribution in [0.1, 0.15) is 89.0 Å². The Morgan fingerprint density at radius 3 is 2.12 bits per heavy atom. The first kappa shape index (κ1) is 26.6. The Bertz CT molecular complexity index is 783. The maximum absolute atomic E-state index is 10.9. The molecular weight excluding hydrogens is 410 g/mol. The number of hydrogen-bond acceptors (Lipinski definition) is 3. The van der Waals surface area contributed by atoms with E-state index in [4.69, 9.17) is 4.43 Å². The third-order valence-corrected chi connectivity index (χ3v) is 6.96. The summed E-state index contributed by atoms with van der Waals surface area (Å²) in [7, 11) is -0.814. The molecule has 0 aliphatic heterocycles. The molecule has 0 aliphatic rings. The lowest BCUT2D eigenvalue weighted by Gasteiger charge is -2.32. The van der Waals surface area contributed by atoms with Crippen LogP contribution in [0.2, 0.25) is 13.1 Å². The predicted octanol–water partition coefficient (Wildman–Crippen LogP) is 7.53. The Hall–Kier alpha value is -1.62. The first-order valence-corrected chi connectivity index (χ1v) is 14.8. The maximum atomic E-state index is 10.9. The van der Waals surface area contributed by atoms with Crippen molar-refractivity contribution in [3.05, 3.63) is 65.2 Å². The van der Waals surface area contributed by atoms with Gasteiger partial charge in [0.05, 0.1) is 6.10 Å². The summed E-state index contributed by atoms with van der Waals surface area (Å²) in [6.45, 7) is 16.7. The fraction of sp³-hybridized carbons (Fsp3) is 0.571. The Labute approximate surface area is 198 Å². The third-order valence-electron chi connectivity index (χ3n) is 6.20. The van der Waals surface area contributed by atoms with Crippen molar-refractivity contribution in [2.45, 2.75) is 97.5 Å². The van der Waals surface area contributed by atoms with Crippen LogP contribution in [0.4, 0.5) is 0 Å². The molecule has 1 N–H and O–H groups in total. The molecule has 0 spiro atoms. The summed E-state index contributed by atoms with van der Waals surface area (Å²) in [6.07, 6.45) is 4.41. The molecule has 3 nitrogen and oxygen atoms in total. The van der Waals surface area contributed by atoms with Gasteiger partial charge in [-0.25, -0.2) is 0 Å². The normalized spacial score (nSPS) is 14.0. The molecule has 2 aromatic carbocycles. The van der Waals surface area contributed by atoms with Crippen molar-refractivity contribution in [1.82, 2.24) is 4.90 Å². The summed E-state index contributed by atoms with van der Waals surface area (Å²) in [4.78, 5) is 2.53. The lowest BCUT2D eigenvalue weighted by molar-refractivity contribution is 0.170. The van der Waals surface area contributed by atoms with Gasteiger partial charge in [0.25, 0.3) is 0 Å². The molecule has 177 valence electrons. The minimum absolute atomic E-state index is 0.109. The van der Waals surface area contributed by atoms with Crippen molar-refractivity contribution in [2.75, 3.05) is 6.54 Å². The van der Waals surface area contributed by atoms with Crippen molar-refractivity contribution in [1.29, 1.82) is 0 Å². The Morgan fingerprint density at radius 1 is 0.906 bits per heavy atom. The molecule has 1 radical (unpaired) electrons. The molecule has 32 heavy (non-hydrogen) atoms. The van der Waals surface area contributed by atoms with E-state index in [1.165, 1.54) is 11.1 Å². The van der Waals surface area contributed by atoms with Gasteiger partial charge in [-0.3, -0.25) is 4.90 Å². The fourth-order valence-corrected chi connectivity index (χ4v) is 5.42. The monoisotopic (exact) mass is 454 g/mol. The Kier molecular flexibility index (Phi) is 11.0. The number of phenolic OH excluding ortho intramolecular Hbond substituents is 1. The second-order valence-corrected chi connectivity index (χ2v) is 11.7. The molecule has 4 heteroatoms. The predicted molar refractivity (Wildman–Crippen MR) is 139 cm³/mol. The zero-order chi connectivity index (χ0) is 23.7. The van der Waals surface area contributed by atoms with Crippen LogP contribution in [0.25, 0.3) is 0 Å². The van der Waals surface area contributed by atoms with Crippen molar-refractivity contribution in [2.24, 2.45) is 0 Å². The zero-order valence-electron chi connectivity index (χ0n) is 21.3. The molecular formula is C28H44NO2Si. The minimum Gasteiger partial charge on any atom is -0.508 e. The van der Waals surface area contributed by atoms with Gasteiger partial charge in [0.1, 0.15) is 5.75 Å². The van der Waals surface area contributed by atoms with Gasteiger partial charge < -0.3 is 9.53 Å². The third kappa shape index (κ3) is 7.75. The van der Waals surface area contributed by atoms with E-state index >= 15 is 0 Å². The van der Waals surface area contributed by atoms with E-state index in [-0.39, 0.29) is 12.0 Å². The maximum Gasteiger partial charge on any atom is 0.205 e. The highest BCUT2D eigenvalue weighted by atomic mass is 28.3. The van der Waals surface area contributed by atoms with Gasteiger partial charge in [-0.1, -0.05) is 56.2 Å². The van der Waals surface area contributed by atoms with Gasteiger partial charge in [0.15, 0.2) is 0 Å². The first-order valence-electron chi connectivity index (χ1n) is 12.3. The molecule has 0 fully saturated rings. The first-order chi connectivity index (χ1) is 15.2. The van der Waals surface area contributed by atoms with Crippen LogP contribution in [0.3, 0.4) is 0 Å². The molecule has 2 rings (SSSR count). The van der Waals surface area contributed by atoms with Gasteiger partial charge >= 0.3 is 0 Å². The second-order valence-electron chi connectivity index (χ2n) is 9.65. The number of unbranched alkanes of at least 4 members (excludes halogenated alkanes) is 1. The van der Waals surface area contributed by atoms with Crippen molar-refractivity contribution in [3.63, 3.8) is 0 Å².